The van der Waals surface area contributed by atoms with Gasteiger partial charge in [0.15, 0.2) is 3.77 Å². The van der Waals surface area contributed by atoms with E-state index in [1.54, 1.807) is 13.4 Å². The van der Waals surface area contributed by atoms with Crippen molar-refractivity contribution in [3.05, 3.63) is 70.3 Å². The highest BCUT2D eigenvalue weighted by Crippen LogP contribution is 2.36. The number of ether oxygens (including phenoxy) is 1. The van der Waals surface area contributed by atoms with Crippen LogP contribution in [-0.2, 0) is 6.42 Å². The Morgan fingerprint density at radius 2 is 1.93 bits per heavy atom. The molecule has 2 aromatic heterocycles. The maximum absolute atomic E-state index is 5.79. The predicted octanol–water partition coefficient (Wildman–Crippen LogP) is 5.16. The van der Waals surface area contributed by atoms with E-state index in [1.807, 2.05) is 30.3 Å². The highest BCUT2D eigenvalue weighted by molar-refractivity contribution is 14.1. The fourth-order valence-corrected chi connectivity index (χ4v) is 3.43. The number of rotatable bonds is 6. The van der Waals surface area contributed by atoms with E-state index in [0.29, 0.717) is 0 Å². The lowest BCUT2D eigenvalue weighted by Gasteiger charge is -2.12. The summed E-state index contributed by atoms with van der Waals surface area (Å²) in [7, 11) is 1.65. The maximum atomic E-state index is 5.79. The van der Waals surface area contributed by atoms with Crippen LogP contribution in [0.5, 0.6) is 5.75 Å². The summed E-state index contributed by atoms with van der Waals surface area (Å²) in [5, 5.41) is 4.37. The molecule has 136 valence electrons. The molecule has 0 spiro atoms. The Labute approximate surface area is 170 Å². The topological polar surface area (TPSA) is 60.2 Å². The highest BCUT2D eigenvalue weighted by atomic mass is 127. The van der Waals surface area contributed by atoms with Crippen molar-refractivity contribution in [1.82, 2.24) is 9.97 Å². The average Bonchev–Trinajstić information content (AvgIpc) is 3.14. The molecule has 0 saturated carbocycles. The lowest BCUT2D eigenvalue weighted by atomic mass is 10.1. The van der Waals surface area contributed by atoms with Gasteiger partial charge in [-0.3, -0.25) is 0 Å². The smallest absolute Gasteiger partial charge is 0.164 e. The number of aromatic nitrogens is 2. The molecule has 0 aliphatic rings. The minimum atomic E-state index is 0.724. The van der Waals surface area contributed by atoms with Crippen LogP contribution in [0.25, 0.3) is 22.2 Å². The molecule has 0 amide bonds. The molecule has 5 nitrogen and oxygen atoms in total. The van der Waals surface area contributed by atoms with Crippen molar-refractivity contribution in [1.29, 1.82) is 0 Å². The highest BCUT2D eigenvalue weighted by Gasteiger charge is 2.14. The van der Waals surface area contributed by atoms with Crippen LogP contribution in [0.3, 0.4) is 0 Å². The van der Waals surface area contributed by atoms with E-state index in [2.05, 4.69) is 62.1 Å². The fraction of sp³-hybridized carbons (Fsp3) is 0.143. The number of furan rings is 1. The molecular formula is C21H18IN3O2. The number of fused-ring (bicyclic) bond motifs is 1. The van der Waals surface area contributed by atoms with Crippen LogP contribution >= 0.6 is 22.6 Å². The first-order chi connectivity index (χ1) is 13.2. The van der Waals surface area contributed by atoms with E-state index in [0.717, 1.165) is 50.5 Å². The maximum Gasteiger partial charge on any atom is 0.164 e. The van der Waals surface area contributed by atoms with Crippen molar-refractivity contribution < 1.29 is 9.15 Å². The van der Waals surface area contributed by atoms with Crippen molar-refractivity contribution in [2.75, 3.05) is 19.0 Å². The van der Waals surface area contributed by atoms with Crippen LogP contribution < -0.4 is 10.1 Å². The summed E-state index contributed by atoms with van der Waals surface area (Å²) in [4.78, 5) is 8.83. The van der Waals surface area contributed by atoms with Crippen LogP contribution in [0, 0.1) is 3.77 Å². The summed E-state index contributed by atoms with van der Waals surface area (Å²) in [5.41, 5.74) is 3.00. The van der Waals surface area contributed by atoms with Gasteiger partial charge >= 0.3 is 0 Å². The van der Waals surface area contributed by atoms with Gasteiger partial charge in [-0.05, 0) is 52.8 Å². The lowest BCUT2D eigenvalue weighted by Crippen LogP contribution is -2.07. The summed E-state index contributed by atoms with van der Waals surface area (Å²) in [5.74, 6) is 2.29. The van der Waals surface area contributed by atoms with Crippen LogP contribution in [0.2, 0.25) is 0 Å². The number of anilines is 1. The van der Waals surface area contributed by atoms with Gasteiger partial charge in [0.25, 0.3) is 0 Å². The van der Waals surface area contributed by atoms with Gasteiger partial charge in [0, 0.05) is 18.0 Å². The number of methoxy groups -OCH3 is 1. The zero-order valence-electron chi connectivity index (χ0n) is 14.8. The standard InChI is InChI=1S/C21H18IN3O2/c1-26-19-12-17-15(11-16(19)18-7-8-20(22)27-18)21(25-13-24-17)23-10-9-14-5-3-2-4-6-14/h2-8,11-13H,9-10H2,1H3,(H,23,24,25). The molecule has 4 rings (SSSR count). The molecule has 2 heterocycles. The van der Waals surface area contributed by atoms with Crippen LogP contribution in [0.4, 0.5) is 5.82 Å². The molecule has 0 aliphatic carbocycles. The third kappa shape index (κ3) is 3.90. The number of benzene rings is 2. The summed E-state index contributed by atoms with van der Waals surface area (Å²) in [6.07, 6.45) is 2.49. The normalized spacial score (nSPS) is 10.9. The quantitative estimate of drug-likeness (QED) is 0.394. The number of nitrogens with zero attached hydrogens (tertiary/aromatic N) is 2. The molecule has 4 aromatic rings. The summed E-state index contributed by atoms with van der Waals surface area (Å²) >= 11 is 2.16. The second-order valence-corrected chi connectivity index (χ2v) is 7.12. The number of nitrogens with one attached hydrogen (secondary N) is 1. The molecule has 0 aliphatic heterocycles. The largest absolute Gasteiger partial charge is 0.496 e. The lowest BCUT2D eigenvalue weighted by molar-refractivity contribution is 0.415. The van der Waals surface area contributed by atoms with Crippen LogP contribution in [0.1, 0.15) is 5.56 Å². The second kappa shape index (κ2) is 7.96. The van der Waals surface area contributed by atoms with Crippen molar-refractivity contribution in [2.45, 2.75) is 6.42 Å². The van der Waals surface area contributed by atoms with Gasteiger partial charge in [-0.1, -0.05) is 30.3 Å². The van der Waals surface area contributed by atoms with Gasteiger partial charge in [-0.2, -0.15) is 0 Å². The van der Waals surface area contributed by atoms with Crippen molar-refractivity contribution in [3.63, 3.8) is 0 Å². The number of hydrogen-bond acceptors (Lipinski definition) is 5. The van der Waals surface area contributed by atoms with Crippen molar-refractivity contribution in [3.8, 4) is 17.1 Å². The fourth-order valence-electron chi connectivity index (χ4n) is 3.02. The van der Waals surface area contributed by atoms with Crippen molar-refractivity contribution in [2.24, 2.45) is 0 Å². The Morgan fingerprint density at radius 3 is 2.67 bits per heavy atom. The number of halogens is 1. The van der Waals surface area contributed by atoms with E-state index in [4.69, 9.17) is 9.15 Å². The van der Waals surface area contributed by atoms with Crippen LogP contribution in [0.15, 0.2) is 65.3 Å². The Balaban J connectivity index is 1.66. The molecule has 0 fully saturated rings. The summed E-state index contributed by atoms with van der Waals surface area (Å²) < 4.78 is 12.2. The summed E-state index contributed by atoms with van der Waals surface area (Å²) in [6, 6.07) is 18.2. The van der Waals surface area contributed by atoms with Gasteiger partial charge in [-0.25, -0.2) is 9.97 Å². The molecule has 0 atom stereocenters. The van der Waals surface area contributed by atoms with Crippen molar-refractivity contribution >= 4 is 39.3 Å². The third-order valence-corrected chi connectivity index (χ3v) is 4.92. The molecule has 0 unspecified atom stereocenters. The SMILES string of the molecule is COc1cc2ncnc(NCCc3ccccc3)c2cc1-c1ccc(I)o1. The van der Waals surface area contributed by atoms with E-state index in [-0.39, 0.29) is 0 Å². The first-order valence-electron chi connectivity index (χ1n) is 8.61. The second-order valence-electron chi connectivity index (χ2n) is 6.06. The van der Waals surface area contributed by atoms with Gasteiger partial charge in [0.2, 0.25) is 0 Å². The van der Waals surface area contributed by atoms with Gasteiger partial charge in [0.05, 0.1) is 18.2 Å². The molecule has 0 radical (unpaired) electrons. The van der Waals surface area contributed by atoms with E-state index >= 15 is 0 Å². The van der Waals surface area contributed by atoms with E-state index in [1.165, 1.54) is 5.56 Å². The molecule has 1 N–H and O–H groups in total. The minimum Gasteiger partial charge on any atom is -0.496 e. The Kier molecular flexibility index (Phi) is 5.24. The zero-order chi connectivity index (χ0) is 18.6. The van der Waals surface area contributed by atoms with Crippen LogP contribution in [-0.4, -0.2) is 23.6 Å². The Morgan fingerprint density at radius 1 is 1.07 bits per heavy atom. The van der Waals surface area contributed by atoms with E-state index < -0.39 is 0 Å². The summed E-state index contributed by atoms with van der Waals surface area (Å²) in [6.45, 7) is 0.788. The van der Waals surface area contributed by atoms with E-state index in [9.17, 15) is 0 Å². The Bertz CT molecular complexity index is 1060. The van der Waals surface area contributed by atoms with Gasteiger partial charge < -0.3 is 14.5 Å². The molecule has 0 saturated heterocycles. The minimum absolute atomic E-state index is 0.724. The molecule has 6 heteroatoms. The molecule has 0 bridgehead atoms. The Hall–Kier alpha value is -2.61. The monoisotopic (exact) mass is 471 g/mol. The predicted molar refractivity (Wildman–Crippen MR) is 115 cm³/mol. The first kappa shape index (κ1) is 17.8. The average molecular weight is 471 g/mol. The third-order valence-electron chi connectivity index (χ3n) is 4.34. The van der Waals surface area contributed by atoms with Gasteiger partial charge in [0.1, 0.15) is 23.7 Å². The zero-order valence-corrected chi connectivity index (χ0v) is 16.9. The molecular weight excluding hydrogens is 453 g/mol. The number of hydrogen-bond donors (Lipinski definition) is 1. The van der Waals surface area contributed by atoms with Gasteiger partial charge in [-0.15, -0.1) is 0 Å². The molecule has 2 aromatic carbocycles. The first-order valence-corrected chi connectivity index (χ1v) is 9.69. The molecule has 27 heavy (non-hydrogen) atoms.